The molecule has 1 fully saturated rings. The van der Waals surface area contributed by atoms with Crippen molar-refractivity contribution in [1.29, 1.82) is 0 Å². The molecule has 1 aromatic carbocycles. The van der Waals surface area contributed by atoms with E-state index in [-0.39, 0.29) is 24.8 Å². The summed E-state index contributed by atoms with van der Waals surface area (Å²) in [6.45, 7) is 9.10. The van der Waals surface area contributed by atoms with E-state index >= 15 is 0 Å². The minimum absolute atomic E-state index is 0. The van der Waals surface area contributed by atoms with E-state index in [0.717, 1.165) is 44.7 Å². The number of aryl methyl sites for hydroxylation is 2. The second-order valence-corrected chi connectivity index (χ2v) is 7.67. The van der Waals surface area contributed by atoms with E-state index < -0.39 is 10.0 Å². The molecule has 0 bridgehead atoms. The van der Waals surface area contributed by atoms with E-state index in [1.807, 2.05) is 6.92 Å². The molecule has 0 aliphatic carbocycles. The molecule has 0 atom stereocenters. The molecule has 6 nitrogen and oxygen atoms in total. The number of benzene rings is 1. The van der Waals surface area contributed by atoms with Crippen LogP contribution in [0.4, 0.5) is 0 Å². The average Bonchev–Trinajstić information content (AvgIpc) is 2.54. The molecular weight excluding hydrogens is 385 g/mol. The molecule has 1 aromatic rings. The van der Waals surface area contributed by atoms with Crippen LogP contribution in [0.25, 0.3) is 0 Å². The van der Waals surface area contributed by atoms with Gasteiger partial charge in [-0.15, -0.1) is 24.8 Å². The monoisotopic (exact) mass is 413 g/mol. The Balaban J connectivity index is 0.00000288. The van der Waals surface area contributed by atoms with Crippen LogP contribution in [0.1, 0.15) is 17.5 Å². The van der Waals surface area contributed by atoms with Gasteiger partial charge in [0.15, 0.2) is 0 Å². The van der Waals surface area contributed by atoms with Crippen molar-refractivity contribution in [1.82, 2.24) is 14.9 Å². The molecule has 0 radical (unpaired) electrons. The summed E-state index contributed by atoms with van der Waals surface area (Å²) in [5.41, 5.74) is 1.52. The van der Waals surface area contributed by atoms with Gasteiger partial charge in [0.1, 0.15) is 5.75 Å². The van der Waals surface area contributed by atoms with E-state index in [2.05, 4.69) is 14.9 Å². The van der Waals surface area contributed by atoms with Gasteiger partial charge in [0.05, 0.1) is 12.0 Å². The number of hydrogen-bond acceptors (Lipinski definition) is 5. The summed E-state index contributed by atoms with van der Waals surface area (Å²) in [6, 6.07) is 3.44. The fraction of sp³-hybridized carbons (Fsp3) is 0.625. The van der Waals surface area contributed by atoms with Gasteiger partial charge >= 0.3 is 0 Å². The lowest BCUT2D eigenvalue weighted by atomic mass is 10.1. The highest BCUT2D eigenvalue weighted by molar-refractivity contribution is 7.89. The van der Waals surface area contributed by atoms with E-state index in [1.54, 1.807) is 26.2 Å². The summed E-state index contributed by atoms with van der Waals surface area (Å²) < 4.78 is 32.9. The van der Waals surface area contributed by atoms with Gasteiger partial charge in [-0.2, -0.15) is 0 Å². The maximum atomic E-state index is 12.5. The number of piperazine rings is 1. The number of nitrogens with zero attached hydrogens (tertiary/aromatic N) is 1. The Kier molecular flexibility index (Phi) is 11.0. The first-order valence-electron chi connectivity index (χ1n) is 8.02. The summed E-state index contributed by atoms with van der Waals surface area (Å²) in [5.74, 6) is 0.708. The Labute approximate surface area is 163 Å². The predicted octanol–water partition coefficient (Wildman–Crippen LogP) is 1.73. The van der Waals surface area contributed by atoms with Gasteiger partial charge in [0.25, 0.3) is 0 Å². The standard InChI is InChI=1S/C16H27N3O3S.2ClH/c1-13-12-16(14(2)11-15(13)22-3)23(20,21)18-5-4-8-19-9-6-17-7-10-19;;/h11-12,17-18H,4-10H2,1-3H3;2*1H. The van der Waals surface area contributed by atoms with Crippen molar-refractivity contribution in [3.05, 3.63) is 23.3 Å². The number of sulfonamides is 1. The third-order valence-corrected chi connectivity index (χ3v) is 5.74. The first-order chi connectivity index (χ1) is 10.9. The number of methoxy groups -OCH3 is 1. The molecule has 1 aliphatic rings. The van der Waals surface area contributed by atoms with E-state index in [0.29, 0.717) is 22.8 Å². The maximum Gasteiger partial charge on any atom is 0.240 e. The number of hydrogen-bond donors (Lipinski definition) is 2. The largest absolute Gasteiger partial charge is 0.496 e. The van der Waals surface area contributed by atoms with Crippen molar-refractivity contribution < 1.29 is 13.2 Å². The van der Waals surface area contributed by atoms with Crippen LogP contribution < -0.4 is 14.8 Å². The zero-order valence-corrected chi connectivity index (χ0v) is 17.5. The Hall–Kier alpha value is -0.570. The lowest BCUT2D eigenvalue weighted by molar-refractivity contribution is 0.239. The summed E-state index contributed by atoms with van der Waals surface area (Å²) in [6.07, 6.45) is 0.813. The molecule has 146 valence electrons. The Bertz CT molecular complexity index is 636. The Morgan fingerprint density at radius 2 is 1.80 bits per heavy atom. The first kappa shape index (κ1) is 24.4. The van der Waals surface area contributed by atoms with Crippen molar-refractivity contribution in [2.24, 2.45) is 0 Å². The van der Waals surface area contributed by atoms with Crippen molar-refractivity contribution >= 4 is 34.8 Å². The number of halogens is 2. The maximum absolute atomic E-state index is 12.5. The zero-order chi connectivity index (χ0) is 16.9. The fourth-order valence-electron chi connectivity index (χ4n) is 2.79. The highest BCUT2D eigenvalue weighted by atomic mass is 35.5. The number of rotatable bonds is 7. The molecule has 2 rings (SSSR count). The fourth-order valence-corrected chi connectivity index (χ4v) is 4.18. The minimum atomic E-state index is -3.48. The predicted molar refractivity (Wildman–Crippen MR) is 106 cm³/mol. The highest BCUT2D eigenvalue weighted by Crippen LogP contribution is 2.25. The molecule has 9 heteroatoms. The molecule has 0 amide bonds. The lowest BCUT2D eigenvalue weighted by Gasteiger charge is -2.27. The average molecular weight is 414 g/mol. The molecule has 0 unspecified atom stereocenters. The second kappa shape index (κ2) is 11.2. The van der Waals surface area contributed by atoms with Crippen LogP contribution in [0.2, 0.25) is 0 Å². The van der Waals surface area contributed by atoms with Gasteiger partial charge < -0.3 is 15.0 Å². The lowest BCUT2D eigenvalue weighted by Crippen LogP contribution is -2.44. The van der Waals surface area contributed by atoms with E-state index in [4.69, 9.17) is 4.74 Å². The molecule has 0 saturated carbocycles. The summed E-state index contributed by atoms with van der Waals surface area (Å²) in [4.78, 5) is 2.69. The first-order valence-corrected chi connectivity index (χ1v) is 9.50. The SMILES string of the molecule is COc1cc(C)c(S(=O)(=O)NCCCN2CCNCC2)cc1C.Cl.Cl. The van der Waals surface area contributed by atoms with Gasteiger partial charge in [0.2, 0.25) is 10.0 Å². The number of nitrogens with one attached hydrogen (secondary N) is 2. The quantitative estimate of drug-likeness (QED) is 0.665. The Morgan fingerprint density at radius 1 is 1.16 bits per heavy atom. The van der Waals surface area contributed by atoms with E-state index in [1.165, 1.54) is 0 Å². The van der Waals surface area contributed by atoms with Gasteiger partial charge in [-0.1, -0.05) is 0 Å². The minimum Gasteiger partial charge on any atom is -0.496 e. The van der Waals surface area contributed by atoms with Crippen molar-refractivity contribution in [3.8, 4) is 5.75 Å². The summed E-state index contributed by atoms with van der Waals surface area (Å²) in [5, 5.41) is 3.31. The number of ether oxygens (including phenoxy) is 1. The van der Waals surface area contributed by atoms with Crippen LogP contribution in [0.15, 0.2) is 17.0 Å². The van der Waals surface area contributed by atoms with E-state index in [9.17, 15) is 8.42 Å². The molecule has 0 spiro atoms. The van der Waals surface area contributed by atoms with Crippen LogP contribution in [0.5, 0.6) is 5.75 Å². The smallest absolute Gasteiger partial charge is 0.240 e. The Morgan fingerprint density at radius 3 is 2.40 bits per heavy atom. The normalized spacial score (nSPS) is 15.2. The molecule has 1 heterocycles. The van der Waals surface area contributed by atoms with Gasteiger partial charge in [-0.3, -0.25) is 0 Å². The summed E-state index contributed by atoms with van der Waals surface area (Å²) in [7, 11) is -1.89. The van der Waals surface area contributed by atoms with Gasteiger partial charge in [-0.05, 0) is 50.1 Å². The summed E-state index contributed by atoms with van der Waals surface area (Å²) >= 11 is 0. The molecule has 2 N–H and O–H groups in total. The van der Waals surface area contributed by atoms with Crippen LogP contribution in [-0.4, -0.2) is 59.7 Å². The van der Waals surface area contributed by atoms with Crippen molar-refractivity contribution in [2.45, 2.75) is 25.2 Å². The third-order valence-electron chi connectivity index (χ3n) is 4.13. The molecular formula is C16H29Cl2N3O3S. The molecule has 1 aliphatic heterocycles. The second-order valence-electron chi connectivity index (χ2n) is 5.93. The van der Waals surface area contributed by atoms with Crippen LogP contribution in [-0.2, 0) is 10.0 Å². The highest BCUT2D eigenvalue weighted by Gasteiger charge is 2.18. The topological polar surface area (TPSA) is 70.7 Å². The van der Waals surface area contributed by atoms with Crippen LogP contribution >= 0.6 is 24.8 Å². The molecule has 25 heavy (non-hydrogen) atoms. The van der Waals surface area contributed by atoms with Crippen LogP contribution in [0, 0.1) is 13.8 Å². The molecule has 0 aromatic heterocycles. The van der Waals surface area contributed by atoms with Crippen molar-refractivity contribution in [2.75, 3.05) is 46.4 Å². The van der Waals surface area contributed by atoms with Gasteiger partial charge in [0, 0.05) is 32.7 Å². The third kappa shape index (κ3) is 6.92. The van der Waals surface area contributed by atoms with Crippen molar-refractivity contribution in [3.63, 3.8) is 0 Å². The molecule has 1 saturated heterocycles. The van der Waals surface area contributed by atoms with Gasteiger partial charge in [-0.25, -0.2) is 13.1 Å². The zero-order valence-electron chi connectivity index (χ0n) is 15.0. The van der Waals surface area contributed by atoms with Crippen LogP contribution in [0.3, 0.4) is 0 Å².